The highest BCUT2D eigenvalue weighted by atomic mass is 19.1. The molecule has 0 aromatic heterocycles. The second-order valence-electron chi connectivity index (χ2n) is 5.44. The summed E-state index contributed by atoms with van der Waals surface area (Å²) < 4.78 is 18.6. The molecule has 1 aromatic carbocycles. The molecule has 1 saturated heterocycles. The highest BCUT2D eigenvalue weighted by Gasteiger charge is 2.20. The van der Waals surface area contributed by atoms with Gasteiger partial charge in [-0.2, -0.15) is 0 Å². The Labute approximate surface area is 118 Å². The molecule has 0 radical (unpaired) electrons. The van der Waals surface area contributed by atoms with E-state index in [1.807, 2.05) is 0 Å². The van der Waals surface area contributed by atoms with Crippen LogP contribution in [0.3, 0.4) is 0 Å². The summed E-state index contributed by atoms with van der Waals surface area (Å²) in [6, 6.07) is 6.18. The molecule has 2 unspecified atom stereocenters. The molecule has 3 nitrogen and oxygen atoms in total. The van der Waals surface area contributed by atoms with Crippen molar-refractivity contribution < 1.29 is 19.0 Å². The van der Waals surface area contributed by atoms with Crippen LogP contribution < -0.4 is 0 Å². The Morgan fingerprint density at radius 2 is 2.35 bits per heavy atom. The van der Waals surface area contributed by atoms with Crippen molar-refractivity contribution >= 4 is 5.97 Å². The lowest BCUT2D eigenvalue weighted by Gasteiger charge is -2.14. The molecule has 0 bridgehead atoms. The molecule has 0 saturated carbocycles. The fraction of sp³-hybridized carbons (Fsp3) is 0.562. The Hall–Kier alpha value is -1.42. The number of ether oxygens (including phenoxy) is 1. The number of carbonyl (C=O) groups is 1. The number of aliphatic carboxylic acids is 1. The van der Waals surface area contributed by atoms with E-state index in [9.17, 15) is 14.3 Å². The van der Waals surface area contributed by atoms with Crippen LogP contribution in [0.25, 0.3) is 0 Å². The minimum atomic E-state index is -0.804. The SMILES string of the molecule is O=C(O)C(CCCC1CCCO1)Cc1cccc(F)c1. The molecule has 1 aromatic rings. The lowest BCUT2D eigenvalue weighted by molar-refractivity contribution is -0.142. The average molecular weight is 280 g/mol. The van der Waals surface area contributed by atoms with Crippen LogP contribution in [0.1, 0.15) is 37.7 Å². The summed E-state index contributed by atoms with van der Waals surface area (Å²) in [4.78, 5) is 11.3. The van der Waals surface area contributed by atoms with Gasteiger partial charge in [-0.15, -0.1) is 0 Å². The number of benzene rings is 1. The Morgan fingerprint density at radius 3 is 3.00 bits per heavy atom. The van der Waals surface area contributed by atoms with E-state index in [0.717, 1.165) is 37.9 Å². The number of hydrogen-bond acceptors (Lipinski definition) is 2. The first-order valence-electron chi connectivity index (χ1n) is 7.24. The van der Waals surface area contributed by atoms with Gasteiger partial charge in [-0.1, -0.05) is 18.6 Å². The predicted octanol–water partition coefficient (Wildman–Crippen LogP) is 3.42. The first-order chi connectivity index (χ1) is 9.65. The van der Waals surface area contributed by atoms with Crippen LogP contribution in [-0.4, -0.2) is 23.8 Å². The van der Waals surface area contributed by atoms with Crippen LogP contribution in [-0.2, 0) is 16.0 Å². The molecule has 1 aliphatic rings. The third-order valence-corrected chi connectivity index (χ3v) is 3.82. The number of rotatable bonds is 7. The summed E-state index contributed by atoms with van der Waals surface area (Å²) >= 11 is 0. The number of carboxylic acid groups (broad SMARTS) is 1. The minimum absolute atomic E-state index is 0.304. The molecule has 110 valence electrons. The average Bonchev–Trinajstić information content (AvgIpc) is 2.90. The maximum absolute atomic E-state index is 13.1. The van der Waals surface area contributed by atoms with E-state index in [1.54, 1.807) is 12.1 Å². The van der Waals surface area contributed by atoms with Crippen LogP contribution in [0.15, 0.2) is 24.3 Å². The lowest BCUT2D eigenvalue weighted by atomic mass is 9.93. The molecule has 2 atom stereocenters. The van der Waals surface area contributed by atoms with Gasteiger partial charge in [-0.25, -0.2) is 4.39 Å². The third-order valence-electron chi connectivity index (χ3n) is 3.82. The summed E-state index contributed by atoms with van der Waals surface area (Å²) in [6.07, 6.45) is 5.27. The predicted molar refractivity (Wildman–Crippen MR) is 74.1 cm³/mol. The normalized spacial score (nSPS) is 19.9. The van der Waals surface area contributed by atoms with Crippen molar-refractivity contribution in [3.63, 3.8) is 0 Å². The van der Waals surface area contributed by atoms with E-state index in [1.165, 1.54) is 12.1 Å². The molecular formula is C16H21FO3. The van der Waals surface area contributed by atoms with Crippen molar-refractivity contribution in [2.45, 2.75) is 44.6 Å². The van der Waals surface area contributed by atoms with Crippen molar-refractivity contribution in [3.05, 3.63) is 35.6 Å². The standard InChI is InChI=1S/C16H21FO3/c17-14-6-1-4-12(11-14)10-13(16(18)19)5-2-7-15-8-3-9-20-15/h1,4,6,11,13,15H,2-3,5,7-10H2,(H,18,19). The van der Waals surface area contributed by atoms with Gasteiger partial charge < -0.3 is 9.84 Å². The zero-order chi connectivity index (χ0) is 14.4. The van der Waals surface area contributed by atoms with E-state index in [0.29, 0.717) is 18.9 Å². The Bertz CT molecular complexity index is 441. The largest absolute Gasteiger partial charge is 0.481 e. The van der Waals surface area contributed by atoms with Gasteiger partial charge in [0.25, 0.3) is 0 Å². The molecular weight excluding hydrogens is 259 g/mol. The topological polar surface area (TPSA) is 46.5 Å². The van der Waals surface area contributed by atoms with E-state index < -0.39 is 11.9 Å². The second-order valence-corrected chi connectivity index (χ2v) is 5.44. The summed E-state index contributed by atoms with van der Waals surface area (Å²) in [5, 5.41) is 9.27. The van der Waals surface area contributed by atoms with Crippen molar-refractivity contribution in [2.24, 2.45) is 5.92 Å². The quantitative estimate of drug-likeness (QED) is 0.832. The molecule has 2 rings (SSSR count). The Kier molecular flexibility index (Phi) is 5.53. The highest BCUT2D eigenvalue weighted by molar-refractivity contribution is 5.70. The molecule has 1 fully saturated rings. The maximum atomic E-state index is 13.1. The van der Waals surface area contributed by atoms with Crippen molar-refractivity contribution in [3.8, 4) is 0 Å². The van der Waals surface area contributed by atoms with Gasteiger partial charge in [-0.05, 0) is 49.8 Å². The van der Waals surface area contributed by atoms with Crippen LogP contribution >= 0.6 is 0 Å². The van der Waals surface area contributed by atoms with Crippen LogP contribution in [0, 0.1) is 11.7 Å². The molecule has 0 spiro atoms. The van der Waals surface area contributed by atoms with Crippen LogP contribution in [0.2, 0.25) is 0 Å². The minimum Gasteiger partial charge on any atom is -0.481 e. The molecule has 0 amide bonds. The Morgan fingerprint density at radius 1 is 1.50 bits per heavy atom. The first-order valence-corrected chi connectivity index (χ1v) is 7.24. The third kappa shape index (κ3) is 4.60. The van der Waals surface area contributed by atoms with Gasteiger partial charge in [0, 0.05) is 6.61 Å². The molecule has 4 heteroatoms. The maximum Gasteiger partial charge on any atom is 0.306 e. The fourth-order valence-electron chi connectivity index (χ4n) is 2.73. The van der Waals surface area contributed by atoms with Gasteiger partial charge in [0.2, 0.25) is 0 Å². The van der Waals surface area contributed by atoms with Gasteiger partial charge in [0.1, 0.15) is 5.82 Å². The smallest absolute Gasteiger partial charge is 0.306 e. The molecule has 0 aliphatic carbocycles. The summed E-state index contributed by atoms with van der Waals surface area (Å²) in [5.41, 5.74) is 0.745. The summed E-state index contributed by atoms with van der Waals surface area (Å²) in [5.74, 6) is -1.56. The monoisotopic (exact) mass is 280 g/mol. The molecule has 1 heterocycles. The first kappa shape index (κ1) is 15.0. The highest BCUT2D eigenvalue weighted by Crippen LogP contribution is 2.21. The number of carboxylic acids is 1. The van der Waals surface area contributed by atoms with Gasteiger partial charge in [-0.3, -0.25) is 4.79 Å². The van der Waals surface area contributed by atoms with E-state index >= 15 is 0 Å². The zero-order valence-electron chi connectivity index (χ0n) is 11.6. The van der Waals surface area contributed by atoms with Crippen molar-refractivity contribution in [1.29, 1.82) is 0 Å². The van der Waals surface area contributed by atoms with Gasteiger partial charge in [0.05, 0.1) is 12.0 Å². The van der Waals surface area contributed by atoms with E-state index in [-0.39, 0.29) is 5.82 Å². The lowest BCUT2D eigenvalue weighted by Crippen LogP contribution is -2.17. The van der Waals surface area contributed by atoms with Crippen molar-refractivity contribution in [1.82, 2.24) is 0 Å². The van der Waals surface area contributed by atoms with Gasteiger partial charge in [0.15, 0.2) is 0 Å². The summed E-state index contributed by atoms with van der Waals surface area (Å²) in [7, 11) is 0. The van der Waals surface area contributed by atoms with Crippen molar-refractivity contribution in [2.75, 3.05) is 6.61 Å². The van der Waals surface area contributed by atoms with E-state index in [4.69, 9.17) is 4.74 Å². The fourth-order valence-corrected chi connectivity index (χ4v) is 2.73. The van der Waals surface area contributed by atoms with Gasteiger partial charge >= 0.3 is 5.97 Å². The van der Waals surface area contributed by atoms with Crippen LogP contribution in [0.5, 0.6) is 0 Å². The number of halogens is 1. The Balaban J connectivity index is 1.82. The zero-order valence-corrected chi connectivity index (χ0v) is 11.6. The molecule has 1 N–H and O–H groups in total. The molecule has 20 heavy (non-hydrogen) atoms. The summed E-state index contributed by atoms with van der Waals surface area (Å²) in [6.45, 7) is 0.830. The number of hydrogen-bond donors (Lipinski definition) is 1. The molecule has 1 aliphatic heterocycles. The second kappa shape index (κ2) is 7.39. The van der Waals surface area contributed by atoms with Crippen LogP contribution in [0.4, 0.5) is 4.39 Å². The van der Waals surface area contributed by atoms with E-state index in [2.05, 4.69) is 0 Å².